The molecule has 2 heterocycles. The van der Waals surface area contributed by atoms with Crippen LogP contribution in [0.1, 0.15) is 67.5 Å². The van der Waals surface area contributed by atoms with Crippen LogP contribution in [0.2, 0.25) is 0 Å². The molecule has 35 heavy (non-hydrogen) atoms. The van der Waals surface area contributed by atoms with Gasteiger partial charge >= 0.3 is 5.97 Å². The third-order valence-electron chi connectivity index (χ3n) is 5.90. The maximum atomic E-state index is 12.9. The molecule has 0 saturated heterocycles. The minimum atomic E-state index is -0.597. The highest BCUT2D eigenvalue weighted by atomic mass is 79.9. The number of esters is 1. The van der Waals surface area contributed by atoms with Gasteiger partial charge in [-0.05, 0) is 73.8 Å². The molecule has 0 aliphatic heterocycles. The van der Waals surface area contributed by atoms with E-state index >= 15 is 0 Å². The quantitative estimate of drug-likeness (QED) is 0.265. The highest BCUT2D eigenvalue weighted by Gasteiger charge is 2.24. The summed E-state index contributed by atoms with van der Waals surface area (Å²) in [5.74, 6) is 0.195. The average molecular weight is 539 g/mol. The number of rotatable bonds is 7. The summed E-state index contributed by atoms with van der Waals surface area (Å²) in [5, 5.41) is 15.6. The van der Waals surface area contributed by atoms with Crippen molar-refractivity contribution in [2.75, 3.05) is 0 Å². The monoisotopic (exact) mass is 538 g/mol. The second-order valence-electron chi connectivity index (χ2n) is 9.50. The largest absolute Gasteiger partial charge is 0.456 e. The molecule has 2 aromatic carbocycles. The number of ether oxygens (including phenoxy) is 1. The Hall–Kier alpha value is -2.90. The Morgan fingerprint density at radius 3 is 2.57 bits per heavy atom. The molecule has 2 aromatic heterocycles. The fraction of sp³-hybridized carbons (Fsp3) is 0.357. The van der Waals surface area contributed by atoms with E-state index in [1.807, 2.05) is 62.7 Å². The summed E-state index contributed by atoms with van der Waals surface area (Å²) < 4.78 is 14.5. The van der Waals surface area contributed by atoms with Crippen LogP contribution < -0.4 is 0 Å². The number of aliphatic hydroxyl groups is 1. The van der Waals surface area contributed by atoms with Gasteiger partial charge in [-0.1, -0.05) is 31.2 Å². The summed E-state index contributed by atoms with van der Waals surface area (Å²) in [5.41, 5.74) is 5.29. The maximum Gasteiger partial charge on any atom is 0.339 e. The Morgan fingerprint density at radius 1 is 1.17 bits per heavy atom. The summed E-state index contributed by atoms with van der Waals surface area (Å²) in [4.78, 5) is 12.9. The first kappa shape index (κ1) is 25.2. The van der Waals surface area contributed by atoms with Crippen molar-refractivity contribution in [1.29, 1.82) is 0 Å². The highest BCUT2D eigenvalue weighted by molar-refractivity contribution is 9.10. The predicted octanol–water partition coefficient (Wildman–Crippen LogP) is 6.68. The van der Waals surface area contributed by atoms with E-state index in [4.69, 9.17) is 9.15 Å². The second kappa shape index (κ2) is 9.99. The lowest BCUT2D eigenvalue weighted by Crippen LogP contribution is -2.24. The first-order valence-electron chi connectivity index (χ1n) is 11.9. The van der Waals surface area contributed by atoms with Crippen LogP contribution in [0.15, 0.2) is 51.4 Å². The minimum Gasteiger partial charge on any atom is -0.456 e. The van der Waals surface area contributed by atoms with Crippen LogP contribution in [0.3, 0.4) is 0 Å². The third-order valence-corrected chi connectivity index (χ3v) is 6.68. The predicted molar refractivity (Wildman–Crippen MR) is 141 cm³/mol. The molecule has 0 bridgehead atoms. The molecule has 6 nitrogen and oxygen atoms in total. The second-order valence-corrected chi connectivity index (χ2v) is 10.3. The van der Waals surface area contributed by atoms with E-state index in [1.54, 1.807) is 6.07 Å². The molecule has 0 fully saturated rings. The summed E-state index contributed by atoms with van der Waals surface area (Å²) >= 11 is 3.72. The molecular weight excluding hydrogens is 508 g/mol. The Kier molecular flexibility index (Phi) is 7.20. The molecule has 0 radical (unpaired) electrons. The molecule has 0 amide bonds. The van der Waals surface area contributed by atoms with Crippen molar-refractivity contribution < 1.29 is 19.1 Å². The van der Waals surface area contributed by atoms with E-state index < -0.39 is 11.6 Å². The van der Waals surface area contributed by atoms with Gasteiger partial charge < -0.3 is 14.3 Å². The number of carbonyl (C=O) groups is 1. The fourth-order valence-corrected chi connectivity index (χ4v) is 4.91. The highest BCUT2D eigenvalue weighted by Crippen LogP contribution is 2.40. The van der Waals surface area contributed by atoms with Crippen LogP contribution in [0, 0.1) is 0 Å². The van der Waals surface area contributed by atoms with Crippen molar-refractivity contribution in [2.24, 2.45) is 0 Å². The fourth-order valence-electron chi connectivity index (χ4n) is 4.31. The van der Waals surface area contributed by atoms with Gasteiger partial charge in [0.2, 0.25) is 0 Å². The van der Waals surface area contributed by atoms with Gasteiger partial charge in [0.1, 0.15) is 16.9 Å². The van der Waals surface area contributed by atoms with Gasteiger partial charge in [-0.3, -0.25) is 4.68 Å². The topological polar surface area (TPSA) is 77.5 Å². The van der Waals surface area contributed by atoms with Gasteiger partial charge in [-0.15, -0.1) is 0 Å². The summed E-state index contributed by atoms with van der Waals surface area (Å²) in [6.45, 7) is 10.3. The molecule has 0 unspecified atom stereocenters. The van der Waals surface area contributed by atoms with Crippen LogP contribution in [-0.4, -0.2) is 26.5 Å². The van der Waals surface area contributed by atoms with E-state index in [0.717, 1.165) is 50.9 Å². The number of carbonyl (C=O) groups excluding carboxylic acids is 1. The standard InChI is InChI=1S/C28H31BrN2O4/c1-6-22-20(23(16-32)31(7-2)30-22)14-17-12-13-24-21(15-17)25(29)26(34-24)18-10-8-9-11-19(18)27(33)35-28(3,4)5/h8-13,15,32H,6-7,14,16H2,1-5H3. The minimum absolute atomic E-state index is 0.0422. The Bertz CT molecular complexity index is 1380. The van der Waals surface area contributed by atoms with E-state index in [1.165, 1.54) is 0 Å². The van der Waals surface area contributed by atoms with Crippen molar-refractivity contribution in [3.63, 3.8) is 0 Å². The molecule has 0 spiro atoms. The number of halogens is 1. The molecular formula is C28H31BrN2O4. The molecule has 184 valence electrons. The number of hydrogen-bond acceptors (Lipinski definition) is 5. The molecule has 1 N–H and O–H groups in total. The molecule has 0 aliphatic carbocycles. The molecule has 7 heteroatoms. The van der Waals surface area contributed by atoms with Crippen molar-refractivity contribution in [3.05, 3.63) is 75.0 Å². The van der Waals surface area contributed by atoms with E-state index in [9.17, 15) is 9.90 Å². The van der Waals surface area contributed by atoms with Crippen molar-refractivity contribution in [1.82, 2.24) is 9.78 Å². The number of nitrogens with zero attached hydrogens (tertiary/aromatic N) is 2. The van der Waals surface area contributed by atoms with Crippen molar-refractivity contribution in [3.8, 4) is 11.3 Å². The number of furan rings is 1. The Morgan fingerprint density at radius 2 is 1.91 bits per heavy atom. The van der Waals surface area contributed by atoms with E-state index in [0.29, 0.717) is 23.3 Å². The number of benzene rings is 2. The zero-order valence-electron chi connectivity index (χ0n) is 20.8. The van der Waals surface area contributed by atoms with Crippen LogP contribution in [0.25, 0.3) is 22.3 Å². The SMILES string of the molecule is CCc1nn(CC)c(CO)c1Cc1ccc2oc(-c3ccccc3C(=O)OC(C)(C)C)c(Br)c2c1. The normalized spacial score (nSPS) is 11.9. The smallest absolute Gasteiger partial charge is 0.339 e. The molecule has 4 rings (SSSR count). The van der Waals surface area contributed by atoms with Crippen LogP contribution in [0.5, 0.6) is 0 Å². The summed E-state index contributed by atoms with van der Waals surface area (Å²) in [6.07, 6.45) is 1.47. The van der Waals surface area contributed by atoms with E-state index in [-0.39, 0.29) is 6.61 Å². The van der Waals surface area contributed by atoms with Crippen molar-refractivity contribution in [2.45, 2.75) is 66.2 Å². The zero-order chi connectivity index (χ0) is 25.3. The lowest BCUT2D eigenvalue weighted by Gasteiger charge is -2.20. The number of aromatic nitrogens is 2. The van der Waals surface area contributed by atoms with Gasteiger partial charge in [0.05, 0.1) is 28.0 Å². The summed E-state index contributed by atoms with van der Waals surface area (Å²) in [7, 11) is 0. The third kappa shape index (κ3) is 5.07. The van der Waals surface area contributed by atoms with Gasteiger partial charge in [0.25, 0.3) is 0 Å². The van der Waals surface area contributed by atoms with Gasteiger partial charge in [0.15, 0.2) is 0 Å². The number of hydrogen-bond donors (Lipinski definition) is 1. The molecule has 0 atom stereocenters. The molecule has 4 aromatic rings. The number of fused-ring (bicyclic) bond motifs is 1. The first-order chi connectivity index (χ1) is 16.7. The zero-order valence-corrected chi connectivity index (χ0v) is 22.4. The van der Waals surface area contributed by atoms with E-state index in [2.05, 4.69) is 34.0 Å². The first-order valence-corrected chi connectivity index (χ1v) is 12.7. The summed E-state index contributed by atoms with van der Waals surface area (Å²) in [6, 6.07) is 13.4. The molecule has 0 saturated carbocycles. The van der Waals surface area contributed by atoms with Gasteiger partial charge in [-0.25, -0.2) is 4.79 Å². The van der Waals surface area contributed by atoms with Crippen LogP contribution in [-0.2, 0) is 30.7 Å². The average Bonchev–Trinajstić information content (AvgIpc) is 3.34. The van der Waals surface area contributed by atoms with Crippen molar-refractivity contribution >= 4 is 32.9 Å². The number of aliphatic hydroxyl groups excluding tert-OH is 1. The van der Waals surface area contributed by atoms with Gasteiger partial charge in [0, 0.05) is 29.5 Å². The lowest BCUT2D eigenvalue weighted by molar-refractivity contribution is 0.00702. The lowest BCUT2D eigenvalue weighted by atomic mass is 10.00. The molecule has 0 aliphatic rings. The van der Waals surface area contributed by atoms with Crippen LogP contribution in [0.4, 0.5) is 0 Å². The maximum absolute atomic E-state index is 12.9. The van der Waals surface area contributed by atoms with Gasteiger partial charge in [-0.2, -0.15) is 5.10 Å². The number of aryl methyl sites for hydroxylation is 2. The Balaban J connectivity index is 1.75. The van der Waals surface area contributed by atoms with Crippen LogP contribution >= 0.6 is 15.9 Å². The Labute approximate surface area is 214 Å².